The standard InChI is InChI=1S/C21H22N6/c1-15-5-4-10-27-14-19(25-20(15)27)17-6-8-18(9-7-17)22-11-16-12-23-21(24-13-16)26(2)3/h4-10,12-14,22H,11H2,1-3H3. The first-order valence-corrected chi connectivity index (χ1v) is 8.87. The van der Waals surface area contributed by atoms with Crippen LogP contribution >= 0.6 is 0 Å². The Morgan fingerprint density at radius 2 is 1.78 bits per heavy atom. The van der Waals surface area contributed by atoms with Gasteiger partial charge in [-0.15, -0.1) is 0 Å². The van der Waals surface area contributed by atoms with Crippen LogP contribution in [0.5, 0.6) is 0 Å². The quantitative estimate of drug-likeness (QED) is 0.588. The highest BCUT2D eigenvalue weighted by molar-refractivity contribution is 5.66. The molecular formula is C21H22N6. The molecular weight excluding hydrogens is 336 g/mol. The Kier molecular flexibility index (Phi) is 4.46. The van der Waals surface area contributed by atoms with Gasteiger partial charge in [-0.3, -0.25) is 0 Å². The summed E-state index contributed by atoms with van der Waals surface area (Å²) >= 11 is 0. The molecule has 3 heterocycles. The lowest BCUT2D eigenvalue weighted by atomic mass is 10.1. The van der Waals surface area contributed by atoms with Crippen LogP contribution in [-0.2, 0) is 6.54 Å². The van der Waals surface area contributed by atoms with Crippen molar-refractivity contribution in [3.8, 4) is 11.3 Å². The van der Waals surface area contributed by atoms with E-state index in [9.17, 15) is 0 Å². The van der Waals surface area contributed by atoms with Crippen LogP contribution in [-0.4, -0.2) is 33.4 Å². The summed E-state index contributed by atoms with van der Waals surface area (Å²) in [5, 5.41) is 3.40. The monoisotopic (exact) mass is 358 g/mol. The lowest BCUT2D eigenvalue weighted by Gasteiger charge is -2.10. The van der Waals surface area contributed by atoms with Crippen molar-refractivity contribution in [2.45, 2.75) is 13.5 Å². The Balaban J connectivity index is 1.46. The van der Waals surface area contributed by atoms with Crippen molar-refractivity contribution < 1.29 is 0 Å². The molecule has 0 bridgehead atoms. The van der Waals surface area contributed by atoms with Crippen LogP contribution in [0, 0.1) is 6.92 Å². The molecule has 0 spiro atoms. The van der Waals surface area contributed by atoms with Crippen LogP contribution < -0.4 is 10.2 Å². The molecule has 0 radical (unpaired) electrons. The van der Waals surface area contributed by atoms with Gasteiger partial charge in [-0.25, -0.2) is 15.0 Å². The normalized spacial score (nSPS) is 10.9. The first-order chi connectivity index (χ1) is 13.1. The van der Waals surface area contributed by atoms with E-state index in [1.807, 2.05) is 43.7 Å². The number of hydrogen-bond acceptors (Lipinski definition) is 5. The van der Waals surface area contributed by atoms with Gasteiger partial charge in [0.15, 0.2) is 0 Å². The maximum absolute atomic E-state index is 4.75. The van der Waals surface area contributed by atoms with Gasteiger partial charge in [0.2, 0.25) is 5.95 Å². The smallest absolute Gasteiger partial charge is 0.224 e. The third kappa shape index (κ3) is 3.60. The fourth-order valence-corrected chi connectivity index (χ4v) is 2.93. The SMILES string of the molecule is Cc1cccn2cc(-c3ccc(NCc4cnc(N(C)C)nc4)cc3)nc12. The second-order valence-electron chi connectivity index (χ2n) is 6.76. The highest BCUT2D eigenvalue weighted by Gasteiger charge is 2.06. The number of aryl methyl sites for hydroxylation is 1. The number of anilines is 2. The average molecular weight is 358 g/mol. The number of nitrogens with zero attached hydrogens (tertiary/aromatic N) is 5. The van der Waals surface area contributed by atoms with Gasteiger partial charge in [-0.05, 0) is 30.7 Å². The summed E-state index contributed by atoms with van der Waals surface area (Å²) in [7, 11) is 3.86. The van der Waals surface area contributed by atoms with Gasteiger partial charge < -0.3 is 14.6 Å². The van der Waals surface area contributed by atoms with Gasteiger partial charge in [0.1, 0.15) is 5.65 Å². The molecule has 0 atom stereocenters. The summed E-state index contributed by atoms with van der Waals surface area (Å²) in [6.07, 6.45) is 7.79. The number of fused-ring (bicyclic) bond motifs is 1. The predicted octanol–water partition coefficient (Wildman–Crippen LogP) is 3.78. The third-order valence-electron chi connectivity index (χ3n) is 4.45. The fraction of sp³-hybridized carbons (Fsp3) is 0.190. The van der Waals surface area contributed by atoms with Crippen molar-refractivity contribution in [1.29, 1.82) is 0 Å². The number of benzene rings is 1. The van der Waals surface area contributed by atoms with E-state index in [4.69, 9.17) is 4.98 Å². The Bertz CT molecular complexity index is 1050. The molecule has 6 heteroatoms. The fourth-order valence-electron chi connectivity index (χ4n) is 2.93. The number of nitrogens with one attached hydrogen (secondary N) is 1. The summed E-state index contributed by atoms with van der Waals surface area (Å²) in [5.74, 6) is 0.714. The molecule has 27 heavy (non-hydrogen) atoms. The van der Waals surface area contributed by atoms with Crippen LogP contribution in [0.25, 0.3) is 16.9 Å². The highest BCUT2D eigenvalue weighted by Crippen LogP contribution is 2.22. The Morgan fingerprint density at radius 1 is 1.04 bits per heavy atom. The van der Waals surface area contributed by atoms with Gasteiger partial charge in [0.05, 0.1) is 5.69 Å². The molecule has 0 unspecified atom stereocenters. The molecule has 0 aliphatic carbocycles. The summed E-state index contributed by atoms with van der Waals surface area (Å²) in [6.45, 7) is 2.76. The van der Waals surface area contributed by atoms with Gasteiger partial charge in [0, 0.05) is 62.2 Å². The number of imidazole rings is 1. The molecule has 4 aromatic rings. The van der Waals surface area contributed by atoms with Crippen LogP contribution in [0.15, 0.2) is 61.2 Å². The number of pyridine rings is 1. The van der Waals surface area contributed by atoms with Crippen LogP contribution in [0.2, 0.25) is 0 Å². The molecule has 0 aliphatic heterocycles. The van der Waals surface area contributed by atoms with Crippen molar-refractivity contribution >= 4 is 17.3 Å². The van der Waals surface area contributed by atoms with Crippen molar-refractivity contribution in [2.24, 2.45) is 0 Å². The second kappa shape index (κ2) is 7.07. The molecule has 3 aromatic heterocycles. The van der Waals surface area contributed by atoms with E-state index in [0.29, 0.717) is 12.5 Å². The zero-order valence-corrected chi connectivity index (χ0v) is 15.7. The van der Waals surface area contributed by atoms with Gasteiger partial charge >= 0.3 is 0 Å². The molecule has 4 rings (SSSR count). The largest absolute Gasteiger partial charge is 0.381 e. The minimum absolute atomic E-state index is 0.681. The molecule has 136 valence electrons. The van der Waals surface area contributed by atoms with Gasteiger partial charge in [-0.2, -0.15) is 0 Å². The molecule has 6 nitrogen and oxygen atoms in total. The third-order valence-corrected chi connectivity index (χ3v) is 4.45. The van der Waals surface area contributed by atoms with E-state index in [1.54, 1.807) is 0 Å². The van der Waals surface area contributed by atoms with Gasteiger partial charge in [0.25, 0.3) is 0 Å². The summed E-state index contributed by atoms with van der Waals surface area (Å²) < 4.78 is 2.06. The molecule has 0 saturated carbocycles. The molecule has 1 N–H and O–H groups in total. The maximum atomic E-state index is 4.75. The molecule has 0 aliphatic rings. The molecule has 0 amide bonds. The van der Waals surface area contributed by atoms with E-state index in [0.717, 1.165) is 28.2 Å². The van der Waals surface area contributed by atoms with Gasteiger partial charge in [-0.1, -0.05) is 18.2 Å². The zero-order chi connectivity index (χ0) is 18.8. The minimum Gasteiger partial charge on any atom is -0.381 e. The van der Waals surface area contributed by atoms with Crippen LogP contribution in [0.4, 0.5) is 11.6 Å². The Morgan fingerprint density at radius 3 is 2.44 bits per heavy atom. The first-order valence-electron chi connectivity index (χ1n) is 8.87. The Labute approximate surface area is 158 Å². The predicted molar refractivity (Wildman–Crippen MR) is 109 cm³/mol. The van der Waals surface area contributed by atoms with E-state index in [2.05, 4.69) is 63.1 Å². The first kappa shape index (κ1) is 17.0. The van der Waals surface area contributed by atoms with Crippen molar-refractivity contribution in [1.82, 2.24) is 19.4 Å². The van der Waals surface area contributed by atoms with Crippen LogP contribution in [0.1, 0.15) is 11.1 Å². The number of hydrogen-bond donors (Lipinski definition) is 1. The number of aromatic nitrogens is 4. The van der Waals surface area contributed by atoms with Crippen molar-refractivity contribution in [2.75, 3.05) is 24.3 Å². The zero-order valence-electron chi connectivity index (χ0n) is 15.7. The minimum atomic E-state index is 0.681. The van der Waals surface area contributed by atoms with E-state index in [1.165, 1.54) is 5.56 Å². The lowest BCUT2D eigenvalue weighted by Crippen LogP contribution is -2.13. The highest BCUT2D eigenvalue weighted by atomic mass is 15.2. The summed E-state index contributed by atoms with van der Waals surface area (Å²) in [6, 6.07) is 12.4. The van der Waals surface area contributed by atoms with E-state index < -0.39 is 0 Å². The molecule has 0 fully saturated rings. The van der Waals surface area contributed by atoms with Crippen molar-refractivity contribution in [3.05, 3.63) is 72.3 Å². The molecule has 0 saturated heterocycles. The average Bonchev–Trinajstić information content (AvgIpc) is 3.13. The lowest BCUT2D eigenvalue weighted by molar-refractivity contribution is 0.970. The summed E-state index contributed by atoms with van der Waals surface area (Å²) in [4.78, 5) is 15.3. The summed E-state index contributed by atoms with van der Waals surface area (Å²) in [5.41, 5.74) is 6.34. The van der Waals surface area contributed by atoms with E-state index >= 15 is 0 Å². The second-order valence-corrected chi connectivity index (χ2v) is 6.76. The maximum Gasteiger partial charge on any atom is 0.224 e. The van der Waals surface area contributed by atoms with Crippen molar-refractivity contribution in [3.63, 3.8) is 0 Å². The Hall–Kier alpha value is -3.41. The van der Waals surface area contributed by atoms with E-state index in [-0.39, 0.29) is 0 Å². The van der Waals surface area contributed by atoms with Crippen LogP contribution in [0.3, 0.4) is 0 Å². The number of rotatable bonds is 5. The molecule has 1 aromatic carbocycles. The topological polar surface area (TPSA) is 58.4 Å².